The molecule has 0 aromatic carbocycles. The molecule has 0 aromatic heterocycles. The third kappa shape index (κ3) is 4.39. The molecule has 0 aromatic rings. The van der Waals surface area contributed by atoms with Crippen molar-refractivity contribution < 1.29 is 4.79 Å². The molecule has 3 heteroatoms. The number of likely N-dealkylation sites (N-methyl/N-ethyl adjacent to an activating group) is 1. The summed E-state index contributed by atoms with van der Waals surface area (Å²) in [4.78, 5) is 16.2. The van der Waals surface area contributed by atoms with E-state index < -0.39 is 0 Å². The third-order valence-electron chi connectivity index (χ3n) is 4.51. The van der Waals surface area contributed by atoms with Crippen LogP contribution in [-0.4, -0.2) is 41.5 Å². The molecule has 1 saturated heterocycles. The van der Waals surface area contributed by atoms with Gasteiger partial charge in [-0.15, -0.1) is 0 Å². The molecule has 0 saturated carbocycles. The van der Waals surface area contributed by atoms with E-state index in [2.05, 4.69) is 25.7 Å². The molecule has 1 heterocycles. The molecule has 1 aliphatic heterocycles. The zero-order valence-corrected chi connectivity index (χ0v) is 13.4. The highest BCUT2D eigenvalue weighted by Gasteiger charge is 2.39. The van der Waals surface area contributed by atoms with Gasteiger partial charge < -0.3 is 9.80 Å². The van der Waals surface area contributed by atoms with Crippen LogP contribution in [0.2, 0.25) is 0 Å². The Balaban J connectivity index is 2.60. The first-order valence-corrected chi connectivity index (χ1v) is 8.08. The summed E-state index contributed by atoms with van der Waals surface area (Å²) >= 11 is 0. The van der Waals surface area contributed by atoms with Crippen molar-refractivity contribution in [1.29, 1.82) is 0 Å². The largest absolute Gasteiger partial charge is 0.326 e. The van der Waals surface area contributed by atoms with Crippen LogP contribution >= 0.6 is 0 Å². The van der Waals surface area contributed by atoms with Crippen LogP contribution in [0.4, 0.5) is 4.79 Å². The van der Waals surface area contributed by atoms with Crippen molar-refractivity contribution in [1.82, 2.24) is 9.80 Å². The lowest BCUT2D eigenvalue weighted by atomic mass is 9.87. The molecule has 112 valence electrons. The maximum Gasteiger partial charge on any atom is 0.320 e. The van der Waals surface area contributed by atoms with Gasteiger partial charge in [0.05, 0.1) is 0 Å². The predicted molar refractivity (Wildman–Crippen MR) is 81.4 cm³/mol. The van der Waals surface area contributed by atoms with E-state index in [9.17, 15) is 4.79 Å². The molecule has 2 amide bonds. The van der Waals surface area contributed by atoms with E-state index in [1.54, 1.807) is 0 Å². The number of unbranched alkanes of at least 4 members (excludes halogenated alkanes) is 4. The lowest BCUT2D eigenvalue weighted by Gasteiger charge is -2.39. The Kier molecular flexibility index (Phi) is 6.67. The fraction of sp³-hybridized carbons (Fsp3) is 0.938. The predicted octanol–water partition coefficient (Wildman–Crippen LogP) is 4.27. The molecule has 3 nitrogen and oxygen atoms in total. The second-order valence-corrected chi connectivity index (χ2v) is 6.27. The smallest absolute Gasteiger partial charge is 0.320 e. The van der Waals surface area contributed by atoms with Crippen LogP contribution in [0.25, 0.3) is 0 Å². The van der Waals surface area contributed by atoms with Gasteiger partial charge in [-0.1, -0.05) is 52.4 Å². The van der Waals surface area contributed by atoms with Crippen LogP contribution in [-0.2, 0) is 0 Å². The van der Waals surface area contributed by atoms with Crippen LogP contribution in [0.3, 0.4) is 0 Å². The molecule has 0 bridgehead atoms. The molecule has 1 aliphatic rings. The number of urea groups is 1. The monoisotopic (exact) mass is 268 g/mol. The van der Waals surface area contributed by atoms with E-state index >= 15 is 0 Å². The van der Waals surface area contributed by atoms with Crippen LogP contribution in [0.15, 0.2) is 0 Å². The molecule has 0 aliphatic carbocycles. The highest BCUT2D eigenvalue weighted by molar-refractivity contribution is 5.77. The fourth-order valence-electron chi connectivity index (χ4n) is 3.03. The van der Waals surface area contributed by atoms with E-state index in [1.807, 2.05) is 11.9 Å². The second kappa shape index (κ2) is 7.76. The highest BCUT2D eigenvalue weighted by atomic mass is 16.2. The van der Waals surface area contributed by atoms with Crippen LogP contribution in [0, 0.1) is 0 Å². The minimum Gasteiger partial charge on any atom is -0.326 e. The number of carbonyl (C=O) groups is 1. The molecule has 0 spiro atoms. The minimum atomic E-state index is 0.0750. The zero-order chi connectivity index (χ0) is 14.3. The van der Waals surface area contributed by atoms with Crippen LogP contribution < -0.4 is 0 Å². The van der Waals surface area contributed by atoms with Crippen molar-refractivity contribution in [2.75, 3.05) is 20.1 Å². The van der Waals surface area contributed by atoms with E-state index in [0.29, 0.717) is 0 Å². The summed E-state index contributed by atoms with van der Waals surface area (Å²) in [5.74, 6) is 0. The van der Waals surface area contributed by atoms with Crippen LogP contribution in [0.5, 0.6) is 0 Å². The van der Waals surface area contributed by atoms with Gasteiger partial charge in [-0.05, 0) is 19.8 Å². The average molecular weight is 268 g/mol. The van der Waals surface area contributed by atoms with Gasteiger partial charge in [0.15, 0.2) is 0 Å². The Bertz CT molecular complexity index is 280. The number of hydrogen-bond donors (Lipinski definition) is 0. The van der Waals surface area contributed by atoms with Crippen molar-refractivity contribution in [2.45, 2.75) is 77.7 Å². The summed E-state index contributed by atoms with van der Waals surface area (Å²) in [6.45, 7) is 8.56. The molecule has 0 radical (unpaired) electrons. The standard InChI is InChI=1S/C16H32N2O/c1-5-7-9-10-12-16(3,11-8-6-2)18-14-13-17(4)15(18)19/h5-14H2,1-4H3. The van der Waals surface area contributed by atoms with Crippen molar-refractivity contribution >= 4 is 6.03 Å². The van der Waals surface area contributed by atoms with Gasteiger partial charge in [-0.2, -0.15) is 0 Å². The maximum absolute atomic E-state index is 12.3. The normalized spacial score (nSPS) is 19.1. The first-order chi connectivity index (χ1) is 9.05. The molecule has 19 heavy (non-hydrogen) atoms. The zero-order valence-electron chi connectivity index (χ0n) is 13.4. The van der Waals surface area contributed by atoms with Crippen molar-refractivity contribution in [3.8, 4) is 0 Å². The Morgan fingerprint density at radius 2 is 1.63 bits per heavy atom. The molecule has 1 unspecified atom stereocenters. The first-order valence-electron chi connectivity index (χ1n) is 8.08. The van der Waals surface area contributed by atoms with Gasteiger partial charge in [-0.25, -0.2) is 4.79 Å². The van der Waals surface area contributed by atoms with Crippen molar-refractivity contribution in [3.63, 3.8) is 0 Å². The molecular weight excluding hydrogens is 236 g/mol. The summed E-state index contributed by atoms with van der Waals surface area (Å²) in [6.07, 6.45) is 9.88. The van der Waals surface area contributed by atoms with Gasteiger partial charge >= 0.3 is 6.03 Å². The second-order valence-electron chi connectivity index (χ2n) is 6.27. The van der Waals surface area contributed by atoms with E-state index in [4.69, 9.17) is 0 Å². The third-order valence-corrected chi connectivity index (χ3v) is 4.51. The van der Waals surface area contributed by atoms with Crippen molar-refractivity contribution in [3.05, 3.63) is 0 Å². The Morgan fingerprint density at radius 3 is 2.16 bits per heavy atom. The van der Waals surface area contributed by atoms with E-state index in [0.717, 1.165) is 25.9 Å². The summed E-state index contributed by atoms with van der Waals surface area (Å²) < 4.78 is 0. The van der Waals surface area contributed by atoms with Gasteiger partial charge in [-0.3, -0.25) is 0 Å². The summed E-state index contributed by atoms with van der Waals surface area (Å²) in [5, 5.41) is 0. The van der Waals surface area contributed by atoms with E-state index in [-0.39, 0.29) is 11.6 Å². The van der Waals surface area contributed by atoms with Crippen LogP contribution in [0.1, 0.15) is 72.1 Å². The van der Waals surface area contributed by atoms with Gasteiger partial charge in [0.1, 0.15) is 0 Å². The van der Waals surface area contributed by atoms with Gasteiger partial charge in [0.25, 0.3) is 0 Å². The Labute approximate surface area is 119 Å². The van der Waals surface area contributed by atoms with Gasteiger partial charge in [0, 0.05) is 25.7 Å². The summed E-state index contributed by atoms with van der Waals surface area (Å²) in [5.41, 5.74) is 0.0750. The van der Waals surface area contributed by atoms with E-state index in [1.165, 1.54) is 38.5 Å². The first kappa shape index (κ1) is 16.3. The molecule has 1 fully saturated rings. The number of carbonyl (C=O) groups excluding carboxylic acids is 1. The number of rotatable bonds is 9. The maximum atomic E-state index is 12.3. The molecule has 0 N–H and O–H groups in total. The lowest BCUT2D eigenvalue weighted by molar-refractivity contribution is 0.120. The SMILES string of the molecule is CCCCCCC(C)(CCCC)N1CCN(C)C1=O. The molecule has 1 rings (SSSR count). The summed E-state index contributed by atoms with van der Waals surface area (Å²) in [7, 11) is 1.92. The minimum absolute atomic E-state index is 0.0750. The summed E-state index contributed by atoms with van der Waals surface area (Å²) in [6, 6.07) is 0.231. The topological polar surface area (TPSA) is 23.6 Å². The highest BCUT2D eigenvalue weighted by Crippen LogP contribution is 2.31. The van der Waals surface area contributed by atoms with Gasteiger partial charge in [0.2, 0.25) is 0 Å². The average Bonchev–Trinajstić information content (AvgIpc) is 2.73. The Morgan fingerprint density at radius 1 is 1.00 bits per heavy atom. The number of hydrogen-bond acceptors (Lipinski definition) is 1. The molecule has 1 atom stereocenters. The Hall–Kier alpha value is -0.730. The molecular formula is C16H32N2O. The quantitative estimate of drug-likeness (QED) is 0.573. The lowest BCUT2D eigenvalue weighted by Crippen LogP contribution is -2.48. The number of amides is 2. The number of nitrogens with zero attached hydrogens (tertiary/aromatic N) is 2. The fourth-order valence-corrected chi connectivity index (χ4v) is 3.03. The van der Waals surface area contributed by atoms with Crippen molar-refractivity contribution in [2.24, 2.45) is 0 Å².